The summed E-state index contributed by atoms with van der Waals surface area (Å²) in [7, 11) is 0. The van der Waals surface area contributed by atoms with Gasteiger partial charge in [-0.2, -0.15) is 5.10 Å². The molecule has 114 valence electrons. The number of piperidine rings is 1. The van der Waals surface area contributed by atoms with Gasteiger partial charge in [0.2, 0.25) is 0 Å². The molecular formula is C15H19Cl2N3O. The van der Waals surface area contributed by atoms with Crippen molar-refractivity contribution in [1.29, 1.82) is 0 Å². The Bertz CT molecular complexity index is 539. The van der Waals surface area contributed by atoms with Gasteiger partial charge in [-0.1, -0.05) is 30.1 Å². The molecule has 2 aliphatic heterocycles. The van der Waals surface area contributed by atoms with Crippen molar-refractivity contribution in [1.82, 2.24) is 10.7 Å². The van der Waals surface area contributed by atoms with E-state index in [1.165, 1.54) is 5.71 Å². The average Bonchev–Trinajstić information content (AvgIpc) is 2.90. The monoisotopic (exact) mass is 327 g/mol. The average molecular weight is 328 g/mol. The van der Waals surface area contributed by atoms with Gasteiger partial charge >= 0.3 is 0 Å². The number of benzene rings is 1. The maximum atomic E-state index is 6.33. The van der Waals surface area contributed by atoms with Crippen LogP contribution in [0.5, 0.6) is 5.75 Å². The predicted molar refractivity (Wildman–Crippen MR) is 86.5 cm³/mol. The lowest BCUT2D eigenvalue weighted by Crippen LogP contribution is -2.38. The van der Waals surface area contributed by atoms with E-state index in [-0.39, 0.29) is 6.04 Å². The molecule has 0 saturated carbocycles. The normalized spacial score (nSPS) is 24.2. The standard InChI is InChI=1S/C15H19Cl2N3O/c1-2-5-21-15-11(16)6-9(7-12(15)17)14-10-8-18-4-3-13(10)19-20-14/h6-7,10,14,18,20H,2-5,8H2,1H3. The van der Waals surface area contributed by atoms with Crippen LogP contribution in [-0.4, -0.2) is 25.4 Å². The molecule has 2 atom stereocenters. The molecule has 2 N–H and O–H groups in total. The molecule has 0 spiro atoms. The van der Waals surface area contributed by atoms with Gasteiger partial charge in [-0.05, 0) is 24.1 Å². The molecule has 2 heterocycles. The summed E-state index contributed by atoms with van der Waals surface area (Å²) in [6.45, 7) is 4.59. The van der Waals surface area contributed by atoms with Crippen molar-refractivity contribution in [3.63, 3.8) is 0 Å². The molecular weight excluding hydrogens is 309 g/mol. The van der Waals surface area contributed by atoms with Crippen molar-refractivity contribution in [2.24, 2.45) is 11.0 Å². The Kier molecular flexibility index (Phi) is 4.57. The summed E-state index contributed by atoms with van der Waals surface area (Å²) >= 11 is 12.7. The summed E-state index contributed by atoms with van der Waals surface area (Å²) in [5.74, 6) is 0.943. The van der Waals surface area contributed by atoms with Crippen molar-refractivity contribution in [2.45, 2.75) is 25.8 Å². The maximum absolute atomic E-state index is 6.33. The van der Waals surface area contributed by atoms with Gasteiger partial charge in [-0.3, -0.25) is 0 Å². The third kappa shape index (κ3) is 2.98. The minimum atomic E-state index is 0.128. The van der Waals surface area contributed by atoms with Crippen molar-refractivity contribution >= 4 is 28.9 Å². The number of ether oxygens (including phenoxy) is 1. The molecule has 0 bridgehead atoms. The van der Waals surface area contributed by atoms with Gasteiger partial charge in [-0.25, -0.2) is 0 Å². The molecule has 2 unspecified atom stereocenters. The predicted octanol–water partition coefficient (Wildman–Crippen LogP) is 3.39. The van der Waals surface area contributed by atoms with E-state index >= 15 is 0 Å². The van der Waals surface area contributed by atoms with Crippen LogP contribution in [0.25, 0.3) is 0 Å². The minimum absolute atomic E-state index is 0.128. The van der Waals surface area contributed by atoms with Crippen molar-refractivity contribution in [2.75, 3.05) is 19.7 Å². The fourth-order valence-electron chi connectivity index (χ4n) is 2.88. The zero-order valence-electron chi connectivity index (χ0n) is 12.0. The lowest BCUT2D eigenvalue weighted by molar-refractivity contribution is 0.317. The molecule has 0 radical (unpaired) electrons. The molecule has 1 aromatic rings. The Morgan fingerprint density at radius 2 is 2.10 bits per heavy atom. The second kappa shape index (κ2) is 6.42. The molecule has 1 fully saturated rings. The van der Waals surface area contributed by atoms with Gasteiger partial charge in [0.05, 0.1) is 22.7 Å². The first-order chi connectivity index (χ1) is 10.2. The second-order valence-electron chi connectivity index (χ2n) is 5.43. The smallest absolute Gasteiger partial charge is 0.156 e. The third-order valence-corrected chi connectivity index (χ3v) is 4.49. The van der Waals surface area contributed by atoms with Gasteiger partial charge in [0.15, 0.2) is 5.75 Å². The highest BCUT2D eigenvalue weighted by atomic mass is 35.5. The Morgan fingerprint density at radius 3 is 2.81 bits per heavy atom. The summed E-state index contributed by atoms with van der Waals surface area (Å²) in [6.07, 6.45) is 1.91. The Morgan fingerprint density at radius 1 is 1.33 bits per heavy atom. The molecule has 0 amide bonds. The van der Waals surface area contributed by atoms with Crippen LogP contribution in [0.1, 0.15) is 31.4 Å². The van der Waals surface area contributed by atoms with Crippen LogP contribution >= 0.6 is 23.2 Å². The van der Waals surface area contributed by atoms with Crippen LogP contribution in [-0.2, 0) is 0 Å². The number of halogens is 2. The van der Waals surface area contributed by atoms with E-state index in [0.717, 1.165) is 31.5 Å². The molecule has 6 heteroatoms. The van der Waals surface area contributed by atoms with Crippen LogP contribution < -0.4 is 15.5 Å². The van der Waals surface area contributed by atoms with Crippen LogP contribution in [0.3, 0.4) is 0 Å². The first kappa shape index (κ1) is 14.9. The van der Waals surface area contributed by atoms with Gasteiger partial charge in [0, 0.05) is 31.1 Å². The molecule has 2 aliphatic rings. The van der Waals surface area contributed by atoms with Gasteiger partial charge < -0.3 is 15.5 Å². The van der Waals surface area contributed by atoms with Crippen LogP contribution in [0.15, 0.2) is 17.2 Å². The Hall–Kier alpha value is -0.970. The summed E-state index contributed by atoms with van der Waals surface area (Å²) in [6, 6.07) is 4.00. The highest BCUT2D eigenvalue weighted by Crippen LogP contribution is 2.39. The number of rotatable bonds is 4. The van der Waals surface area contributed by atoms with Crippen LogP contribution in [0.4, 0.5) is 0 Å². The second-order valence-corrected chi connectivity index (χ2v) is 6.25. The fourth-order valence-corrected chi connectivity index (χ4v) is 3.49. The number of hydrazone groups is 1. The van der Waals surface area contributed by atoms with E-state index in [9.17, 15) is 0 Å². The van der Waals surface area contributed by atoms with E-state index in [2.05, 4.69) is 15.8 Å². The van der Waals surface area contributed by atoms with E-state index < -0.39 is 0 Å². The van der Waals surface area contributed by atoms with Crippen molar-refractivity contribution in [3.05, 3.63) is 27.7 Å². The van der Waals surface area contributed by atoms with Gasteiger partial charge in [0.25, 0.3) is 0 Å². The highest BCUT2D eigenvalue weighted by Gasteiger charge is 2.34. The summed E-state index contributed by atoms with van der Waals surface area (Å²) in [5, 5.41) is 8.99. The maximum Gasteiger partial charge on any atom is 0.156 e. The number of nitrogens with one attached hydrogen (secondary N) is 2. The zero-order chi connectivity index (χ0) is 14.8. The quantitative estimate of drug-likeness (QED) is 0.890. The first-order valence-corrected chi connectivity index (χ1v) is 8.10. The Labute approximate surface area is 134 Å². The number of hydrogen-bond acceptors (Lipinski definition) is 4. The Balaban J connectivity index is 1.83. The largest absolute Gasteiger partial charge is 0.490 e. The van der Waals surface area contributed by atoms with Crippen molar-refractivity contribution in [3.8, 4) is 5.75 Å². The molecule has 0 aromatic heterocycles. The number of nitrogens with zero attached hydrogens (tertiary/aromatic N) is 1. The van der Waals surface area contributed by atoms with Gasteiger partial charge in [-0.15, -0.1) is 0 Å². The van der Waals surface area contributed by atoms with E-state index in [4.69, 9.17) is 27.9 Å². The molecule has 3 rings (SSSR count). The van der Waals surface area contributed by atoms with Crippen LogP contribution in [0, 0.1) is 5.92 Å². The topological polar surface area (TPSA) is 45.6 Å². The summed E-state index contributed by atoms with van der Waals surface area (Å²) < 4.78 is 5.62. The van der Waals surface area contributed by atoms with Crippen LogP contribution in [0.2, 0.25) is 10.0 Å². The summed E-state index contributed by atoms with van der Waals surface area (Å²) in [5.41, 5.74) is 5.51. The van der Waals surface area contributed by atoms with E-state index in [0.29, 0.717) is 28.3 Å². The lowest BCUT2D eigenvalue weighted by atomic mass is 9.87. The minimum Gasteiger partial charge on any atom is -0.490 e. The molecule has 1 saturated heterocycles. The first-order valence-electron chi connectivity index (χ1n) is 7.35. The number of hydrogen-bond donors (Lipinski definition) is 2. The molecule has 0 aliphatic carbocycles. The number of fused-ring (bicyclic) bond motifs is 1. The lowest BCUT2D eigenvalue weighted by Gasteiger charge is -2.25. The third-order valence-electron chi connectivity index (χ3n) is 3.93. The van der Waals surface area contributed by atoms with Crippen molar-refractivity contribution < 1.29 is 4.74 Å². The zero-order valence-corrected chi connectivity index (χ0v) is 13.5. The van der Waals surface area contributed by atoms with E-state index in [1.54, 1.807) is 0 Å². The molecule has 1 aromatic carbocycles. The van der Waals surface area contributed by atoms with Gasteiger partial charge in [0.1, 0.15) is 0 Å². The molecule has 21 heavy (non-hydrogen) atoms. The fraction of sp³-hybridized carbons (Fsp3) is 0.533. The highest BCUT2D eigenvalue weighted by molar-refractivity contribution is 6.37. The molecule has 4 nitrogen and oxygen atoms in total. The van der Waals surface area contributed by atoms with E-state index in [1.807, 2.05) is 19.1 Å². The SMILES string of the molecule is CCCOc1c(Cl)cc(C2NN=C3CCNCC32)cc1Cl. The summed E-state index contributed by atoms with van der Waals surface area (Å²) in [4.78, 5) is 0.